The van der Waals surface area contributed by atoms with Gasteiger partial charge in [0.15, 0.2) is 0 Å². The summed E-state index contributed by atoms with van der Waals surface area (Å²) in [5.41, 5.74) is 2.87. The van der Waals surface area contributed by atoms with Crippen LogP contribution in [0.15, 0.2) is 60.7 Å². The first-order chi connectivity index (χ1) is 15.9. The summed E-state index contributed by atoms with van der Waals surface area (Å²) in [6.45, 7) is 11.8. The lowest BCUT2D eigenvalue weighted by molar-refractivity contribution is -0.0150. The quantitative estimate of drug-likeness (QED) is 0.402. The number of hydrogen-bond acceptors (Lipinski definition) is 5. The first-order valence-corrected chi connectivity index (χ1v) is 11.8. The van der Waals surface area contributed by atoms with E-state index in [2.05, 4.69) is 18.7 Å². The van der Waals surface area contributed by atoms with Crippen LogP contribution in [0.2, 0.25) is 0 Å². The molecule has 0 unspecified atom stereocenters. The first kappa shape index (κ1) is 25.0. The minimum Gasteiger partial charge on any atom is -0.439 e. The fourth-order valence-electron chi connectivity index (χ4n) is 3.66. The number of aryl methyl sites for hydroxylation is 1. The van der Waals surface area contributed by atoms with E-state index in [9.17, 15) is 5.11 Å². The van der Waals surface area contributed by atoms with Gasteiger partial charge in [-0.05, 0) is 58.4 Å². The van der Waals surface area contributed by atoms with E-state index >= 15 is 0 Å². The molecule has 6 heteroatoms. The maximum atomic E-state index is 10.6. The molecule has 0 aliphatic carbocycles. The third-order valence-corrected chi connectivity index (χ3v) is 5.74. The number of aliphatic hydroxyl groups excluding tert-OH is 1. The van der Waals surface area contributed by atoms with Crippen LogP contribution in [-0.4, -0.2) is 51.2 Å². The number of aromatic nitrogens is 2. The summed E-state index contributed by atoms with van der Waals surface area (Å²) in [7, 11) is 0. The number of benzene rings is 2. The fraction of sp³-hybridized carbons (Fsp3) is 0.444. The zero-order chi connectivity index (χ0) is 23.8. The number of hydrogen-bond donors (Lipinski definition) is 1. The van der Waals surface area contributed by atoms with Gasteiger partial charge < -0.3 is 14.6 Å². The number of para-hydroxylation sites is 2. The summed E-state index contributed by atoms with van der Waals surface area (Å²) in [4.78, 5) is 2.28. The molecule has 2 atom stereocenters. The van der Waals surface area contributed by atoms with Crippen molar-refractivity contribution in [1.82, 2.24) is 14.7 Å². The second-order valence-electron chi connectivity index (χ2n) is 8.75. The van der Waals surface area contributed by atoms with Gasteiger partial charge in [0, 0.05) is 19.1 Å². The van der Waals surface area contributed by atoms with E-state index in [1.54, 1.807) is 0 Å². The van der Waals surface area contributed by atoms with Gasteiger partial charge in [-0.2, -0.15) is 5.10 Å². The van der Waals surface area contributed by atoms with Crippen molar-refractivity contribution in [2.75, 3.05) is 13.2 Å². The van der Waals surface area contributed by atoms with Gasteiger partial charge in [0.25, 0.3) is 0 Å². The predicted octanol–water partition coefficient (Wildman–Crippen LogP) is 5.36. The molecule has 0 spiro atoms. The van der Waals surface area contributed by atoms with Gasteiger partial charge in [0.05, 0.1) is 35.8 Å². The highest BCUT2D eigenvalue weighted by atomic mass is 16.5. The Balaban J connectivity index is 1.94. The SMILES string of the molecule is CC[C@H](C)N(Cc1c(C)nn(-c2ccccc2)c1Oc1ccccc1)C[C@H](O)COC(C)C. The molecule has 1 N–H and O–H groups in total. The van der Waals surface area contributed by atoms with Gasteiger partial charge in [0.1, 0.15) is 5.75 Å². The minimum atomic E-state index is -0.565. The molecule has 1 heterocycles. The van der Waals surface area contributed by atoms with Crippen LogP contribution < -0.4 is 4.74 Å². The van der Waals surface area contributed by atoms with Crippen molar-refractivity contribution in [2.45, 2.75) is 65.8 Å². The largest absolute Gasteiger partial charge is 0.439 e. The molecule has 0 radical (unpaired) electrons. The van der Waals surface area contributed by atoms with Crippen molar-refractivity contribution < 1.29 is 14.6 Å². The van der Waals surface area contributed by atoms with Crippen LogP contribution in [0.25, 0.3) is 5.69 Å². The van der Waals surface area contributed by atoms with E-state index in [-0.39, 0.29) is 12.1 Å². The van der Waals surface area contributed by atoms with Crippen LogP contribution in [0.1, 0.15) is 45.4 Å². The number of rotatable bonds is 12. The van der Waals surface area contributed by atoms with Crippen molar-refractivity contribution in [3.63, 3.8) is 0 Å². The third-order valence-electron chi connectivity index (χ3n) is 5.74. The molecular weight excluding hydrogens is 414 g/mol. The molecule has 0 aliphatic rings. The van der Waals surface area contributed by atoms with E-state index in [1.807, 2.05) is 86.1 Å². The first-order valence-electron chi connectivity index (χ1n) is 11.8. The Morgan fingerprint density at radius 1 is 1.00 bits per heavy atom. The summed E-state index contributed by atoms with van der Waals surface area (Å²) in [6.07, 6.45) is 0.497. The molecule has 0 amide bonds. The molecule has 0 aliphatic heterocycles. The van der Waals surface area contributed by atoms with E-state index in [1.165, 1.54) is 0 Å². The van der Waals surface area contributed by atoms with Crippen molar-refractivity contribution >= 4 is 0 Å². The average molecular weight is 452 g/mol. The van der Waals surface area contributed by atoms with Gasteiger partial charge in [-0.3, -0.25) is 4.90 Å². The van der Waals surface area contributed by atoms with Gasteiger partial charge >= 0.3 is 0 Å². The maximum Gasteiger partial charge on any atom is 0.227 e. The Morgan fingerprint density at radius 2 is 1.64 bits per heavy atom. The Hall–Kier alpha value is -2.67. The lowest BCUT2D eigenvalue weighted by Crippen LogP contribution is -2.40. The molecule has 178 valence electrons. The molecule has 1 aromatic heterocycles. The summed E-state index contributed by atoms with van der Waals surface area (Å²) < 4.78 is 13.9. The maximum absolute atomic E-state index is 10.6. The summed E-state index contributed by atoms with van der Waals surface area (Å²) in [5.74, 6) is 1.46. The van der Waals surface area contributed by atoms with Crippen LogP contribution in [0, 0.1) is 6.92 Å². The van der Waals surface area contributed by atoms with Gasteiger partial charge in [-0.15, -0.1) is 0 Å². The molecule has 0 saturated carbocycles. The number of aliphatic hydroxyl groups is 1. The highest BCUT2D eigenvalue weighted by Gasteiger charge is 2.24. The zero-order valence-electron chi connectivity index (χ0n) is 20.4. The minimum absolute atomic E-state index is 0.0916. The Kier molecular flexibility index (Phi) is 9.06. The van der Waals surface area contributed by atoms with Crippen molar-refractivity contribution in [3.8, 4) is 17.3 Å². The number of ether oxygens (including phenoxy) is 2. The van der Waals surface area contributed by atoms with Gasteiger partial charge in [0.2, 0.25) is 5.88 Å². The second-order valence-corrected chi connectivity index (χ2v) is 8.75. The zero-order valence-corrected chi connectivity index (χ0v) is 20.4. The molecule has 3 rings (SSSR count). The fourth-order valence-corrected chi connectivity index (χ4v) is 3.66. The predicted molar refractivity (Wildman–Crippen MR) is 132 cm³/mol. The summed E-state index contributed by atoms with van der Waals surface area (Å²) in [6, 6.07) is 20.1. The van der Waals surface area contributed by atoms with Crippen molar-refractivity contribution in [3.05, 3.63) is 71.9 Å². The van der Waals surface area contributed by atoms with Crippen molar-refractivity contribution in [2.24, 2.45) is 0 Å². The van der Waals surface area contributed by atoms with Crippen LogP contribution in [0.4, 0.5) is 0 Å². The normalized spacial score (nSPS) is 13.5. The van der Waals surface area contributed by atoms with Crippen LogP contribution in [0.5, 0.6) is 11.6 Å². The molecule has 33 heavy (non-hydrogen) atoms. The van der Waals surface area contributed by atoms with E-state index in [4.69, 9.17) is 14.6 Å². The third kappa shape index (κ3) is 6.90. The molecule has 0 saturated heterocycles. The monoisotopic (exact) mass is 451 g/mol. The van der Waals surface area contributed by atoms with Gasteiger partial charge in [-0.25, -0.2) is 4.68 Å². The molecule has 3 aromatic rings. The van der Waals surface area contributed by atoms with E-state index < -0.39 is 6.10 Å². The molecule has 6 nitrogen and oxygen atoms in total. The smallest absolute Gasteiger partial charge is 0.227 e. The average Bonchev–Trinajstić information content (AvgIpc) is 3.12. The lowest BCUT2D eigenvalue weighted by Gasteiger charge is -2.30. The van der Waals surface area contributed by atoms with E-state index in [0.717, 1.165) is 29.1 Å². The molecule has 0 fully saturated rings. The highest BCUT2D eigenvalue weighted by molar-refractivity contribution is 5.43. The summed E-state index contributed by atoms with van der Waals surface area (Å²) in [5, 5.41) is 15.5. The second kappa shape index (κ2) is 12.0. The van der Waals surface area contributed by atoms with Crippen LogP contribution >= 0.6 is 0 Å². The topological polar surface area (TPSA) is 59.8 Å². The molecular formula is C27H37N3O3. The lowest BCUT2D eigenvalue weighted by atomic mass is 10.1. The van der Waals surface area contributed by atoms with Gasteiger partial charge in [-0.1, -0.05) is 43.3 Å². The highest BCUT2D eigenvalue weighted by Crippen LogP contribution is 2.32. The van der Waals surface area contributed by atoms with E-state index in [0.29, 0.717) is 25.6 Å². The standard InChI is InChI=1S/C27H37N3O3/c1-6-21(4)29(17-24(31)19-32-20(2)3)18-26-22(5)28-30(23-13-9-7-10-14-23)27(26)33-25-15-11-8-12-16-25/h7-16,20-21,24,31H,6,17-19H2,1-5H3/t21-,24-/m0/s1. The Labute approximate surface area is 197 Å². The van der Waals surface area contributed by atoms with Crippen LogP contribution in [-0.2, 0) is 11.3 Å². The number of nitrogens with zero attached hydrogens (tertiary/aromatic N) is 3. The Morgan fingerprint density at radius 3 is 2.24 bits per heavy atom. The molecule has 2 aromatic carbocycles. The Bertz CT molecular complexity index is 973. The van der Waals surface area contributed by atoms with Crippen molar-refractivity contribution in [1.29, 1.82) is 0 Å². The molecule has 0 bridgehead atoms. The van der Waals surface area contributed by atoms with Crippen LogP contribution in [0.3, 0.4) is 0 Å². The summed E-state index contributed by atoms with van der Waals surface area (Å²) >= 11 is 0.